The smallest absolute Gasteiger partial charge is 0.331 e. The molecular formula is C16H11Cl3O2. The minimum absolute atomic E-state index is 0.129. The molecule has 0 radical (unpaired) electrons. The van der Waals surface area contributed by atoms with Crippen LogP contribution in [0.1, 0.15) is 11.1 Å². The van der Waals surface area contributed by atoms with Crippen LogP contribution >= 0.6 is 34.8 Å². The van der Waals surface area contributed by atoms with Crippen molar-refractivity contribution in [2.24, 2.45) is 0 Å². The molecule has 5 heteroatoms. The van der Waals surface area contributed by atoms with Gasteiger partial charge in [-0.25, -0.2) is 4.79 Å². The first-order valence-corrected chi connectivity index (χ1v) is 7.23. The summed E-state index contributed by atoms with van der Waals surface area (Å²) >= 11 is 17.7. The number of hydrogen-bond donors (Lipinski definition) is 0. The lowest BCUT2D eigenvalue weighted by Gasteiger charge is -2.04. The van der Waals surface area contributed by atoms with E-state index in [1.807, 2.05) is 12.1 Å². The second-order valence-corrected chi connectivity index (χ2v) is 5.43. The van der Waals surface area contributed by atoms with Crippen molar-refractivity contribution in [1.82, 2.24) is 0 Å². The van der Waals surface area contributed by atoms with Crippen molar-refractivity contribution in [2.45, 2.75) is 6.61 Å². The largest absolute Gasteiger partial charge is 0.458 e. The van der Waals surface area contributed by atoms with Crippen molar-refractivity contribution < 1.29 is 9.53 Å². The van der Waals surface area contributed by atoms with E-state index in [1.54, 1.807) is 36.4 Å². The topological polar surface area (TPSA) is 26.3 Å². The van der Waals surface area contributed by atoms with Gasteiger partial charge in [0.05, 0.1) is 10.0 Å². The van der Waals surface area contributed by atoms with E-state index in [0.717, 1.165) is 11.1 Å². The third-order valence-electron chi connectivity index (χ3n) is 2.68. The summed E-state index contributed by atoms with van der Waals surface area (Å²) in [6.45, 7) is 0.129. The van der Waals surface area contributed by atoms with Crippen molar-refractivity contribution in [2.75, 3.05) is 0 Å². The number of halogens is 3. The summed E-state index contributed by atoms with van der Waals surface area (Å²) in [6, 6.07) is 12.3. The predicted molar refractivity (Wildman–Crippen MR) is 86.7 cm³/mol. The second kappa shape index (κ2) is 7.51. The van der Waals surface area contributed by atoms with Gasteiger partial charge in [-0.05, 0) is 29.8 Å². The molecule has 0 aliphatic rings. The van der Waals surface area contributed by atoms with Crippen LogP contribution in [-0.2, 0) is 16.1 Å². The van der Waals surface area contributed by atoms with Crippen LogP contribution in [0.15, 0.2) is 48.5 Å². The lowest BCUT2D eigenvalue weighted by atomic mass is 10.2. The molecule has 108 valence electrons. The van der Waals surface area contributed by atoms with E-state index >= 15 is 0 Å². The zero-order valence-electron chi connectivity index (χ0n) is 10.9. The molecule has 0 aromatic heterocycles. The van der Waals surface area contributed by atoms with Crippen molar-refractivity contribution in [3.05, 3.63) is 74.7 Å². The molecular weight excluding hydrogens is 331 g/mol. The van der Waals surface area contributed by atoms with Gasteiger partial charge in [-0.15, -0.1) is 0 Å². The highest BCUT2D eigenvalue weighted by atomic mass is 35.5. The third-order valence-corrected chi connectivity index (χ3v) is 3.79. The summed E-state index contributed by atoms with van der Waals surface area (Å²) < 4.78 is 5.12. The zero-order valence-corrected chi connectivity index (χ0v) is 13.1. The van der Waals surface area contributed by atoms with Crippen LogP contribution in [0.25, 0.3) is 6.08 Å². The molecule has 0 saturated carbocycles. The van der Waals surface area contributed by atoms with E-state index < -0.39 is 5.97 Å². The first-order chi connectivity index (χ1) is 10.1. The number of ether oxygens (including phenoxy) is 1. The Morgan fingerprint density at radius 2 is 1.76 bits per heavy atom. The normalized spacial score (nSPS) is 10.8. The first-order valence-electron chi connectivity index (χ1n) is 6.09. The van der Waals surface area contributed by atoms with Crippen molar-refractivity contribution in [1.29, 1.82) is 0 Å². The molecule has 0 unspecified atom stereocenters. The number of hydrogen-bond acceptors (Lipinski definition) is 2. The van der Waals surface area contributed by atoms with E-state index in [2.05, 4.69) is 0 Å². The number of rotatable bonds is 4. The molecule has 0 spiro atoms. The summed E-state index contributed by atoms with van der Waals surface area (Å²) in [4.78, 5) is 11.6. The van der Waals surface area contributed by atoms with E-state index in [0.29, 0.717) is 15.1 Å². The molecule has 2 nitrogen and oxygen atoms in total. The lowest BCUT2D eigenvalue weighted by Crippen LogP contribution is -2.01. The number of esters is 1. The van der Waals surface area contributed by atoms with Gasteiger partial charge >= 0.3 is 5.97 Å². The van der Waals surface area contributed by atoms with Gasteiger partial charge in [-0.1, -0.05) is 59.1 Å². The van der Waals surface area contributed by atoms with Crippen LogP contribution in [0, 0.1) is 0 Å². The van der Waals surface area contributed by atoms with Crippen LogP contribution in [0.5, 0.6) is 0 Å². The molecule has 0 saturated heterocycles. The number of benzene rings is 2. The minimum atomic E-state index is -0.457. The first kappa shape index (κ1) is 15.9. The molecule has 2 rings (SSSR count). The summed E-state index contributed by atoms with van der Waals surface area (Å²) in [7, 11) is 0. The van der Waals surface area contributed by atoms with Crippen molar-refractivity contribution in [3.8, 4) is 0 Å². The SMILES string of the molecule is O=C(/C=C/c1ccc(Cl)c(Cl)c1)OCc1ccccc1Cl. The Labute approximate surface area is 137 Å². The third kappa shape index (κ3) is 4.78. The molecule has 0 aliphatic heterocycles. The molecule has 2 aromatic carbocycles. The Bertz CT molecular complexity index is 681. The fourth-order valence-corrected chi connectivity index (χ4v) is 2.09. The Kier molecular flexibility index (Phi) is 5.68. The minimum Gasteiger partial charge on any atom is -0.458 e. The van der Waals surface area contributed by atoms with Crippen LogP contribution in [0.2, 0.25) is 15.1 Å². The highest BCUT2D eigenvalue weighted by Gasteiger charge is 2.03. The van der Waals surface area contributed by atoms with Gasteiger partial charge in [0, 0.05) is 16.7 Å². The van der Waals surface area contributed by atoms with Gasteiger partial charge in [-0.3, -0.25) is 0 Å². The molecule has 0 bridgehead atoms. The van der Waals surface area contributed by atoms with Crippen LogP contribution in [-0.4, -0.2) is 5.97 Å². The molecule has 21 heavy (non-hydrogen) atoms. The average molecular weight is 342 g/mol. The molecule has 0 atom stereocenters. The van der Waals surface area contributed by atoms with Crippen LogP contribution < -0.4 is 0 Å². The Morgan fingerprint density at radius 1 is 1.00 bits per heavy atom. The Balaban J connectivity index is 1.94. The monoisotopic (exact) mass is 340 g/mol. The molecule has 0 heterocycles. The lowest BCUT2D eigenvalue weighted by molar-refractivity contribution is -0.138. The van der Waals surface area contributed by atoms with E-state index in [1.165, 1.54) is 6.08 Å². The highest BCUT2D eigenvalue weighted by Crippen LogP contribution is 2.23. The second-order valence-electron chi connectivity index (χ2n) is 4.21. The molecule has 0 amide bonds. The standard InChI is InChI=1S/C16H11Cl3O2/c17-13-4-2-1-3-12(13)10-21-16(20)8-6-11-5-7-14(18)15(19)9-11/h1-9H,10H2/b8-6+. The maximum absolute atomic E-state index is 11.6. The van der Waals surface area contributed by atoms with Crippen LogP contribution in [0.3, 0.4) is 0 Å². The summed E-state index contributed by atoms with van der Waals surface area (Å²) in [6.07, 6.45) is 2.94. The van der Waals surface area contributed by atoms with Gasteiger partial charge in [0.15, 0.2) is 0 Å². The summed E-state index contributed by atoms with van der Waals surface area (Å²) in [5, 5.41) is 1.47. The summed E-state index contributed by atoms with van der Waals surface area (Å²) in [5.41, 5.74) is 1.52. The maximum atomic E-state index is 11.6. The molecule has 0 fully saturated rings. The number of carbonyl (C=O) groups excluding carboxylic acids is 1. The Morgan fingerprint density at radius 3 is 2.48 bits per heavy atom. The molecule has 0 N–H and O–H groups in total. The Hall–Kier alpha value is -1.48. The van der Waals surface area contributed by atoms with Crippen molar-refractivity contribution in [3.63, 3.8) is 0 Å². The fraction of sp³-hybridized carbons (Fsp3) is 0.0625. The molecule has 2 aromatic rings. The van der Waals surface area contributed by atoms with Gasteiger partial charge in [0.25, 0.3) is 0 Å². The average Bonchev–Trinajstić information content (AvgIpc) is 2.47. The van der Waals surface area contributed by atoms with Crippen LogP contribution in [0.4, 0.5) is 0 Å². The van der Waals surface area contributed by atoms with E-state index in [-0.39, 0.29) is 6.61 Å². The van der Waals surface area contributed by atoms with Gasteiger partial charge in [0.2, 0.25) is 0 Å². The highest BCUT2D eigenvalue weighted by molar-refractivity contribution is 6.42. The van der Waals surface area contributed by atoms with E-state index in [4.69, 9.17) is 39.5 Å². The predicted octanol–water partition coefficient (Wildman–Crippen LogP) is 5.40. The maximum Gasteiger partial charge on any atom is 0.331 e. The quantitative estimate of drug-likeness (QED) is 0.549. The zero-order chi connectivity index (χ0) is 15.2. The van der Waals surface area contributed by atoms with Gasteiger partial charge in [0.1, 0.15) is 6.61 Å². The fourth-order valence-electron chi connectivity index (χ4n) is 1.59. The van der Waals surface area contributed by atoms with Crippen molar-refractivity contribution >= 4 is 46.8 Å². The summed E-state index contributed by atoms with van der Waals surface area (Å²) in [5.74, 6) is -0.457. The molecule has 0 aliphatic carbocycles. The number of carbonyl (C=O) groups is 1. The van der Waals surface area contributed by atoms with Gasteiger partial charge in [-0.2, -0.15) is 0 Å². The van der Waals surface area contributed by atoms with Gasteiger partial charge < -0.3 is 4.74 Å². The van der Waals surface area contributed by atoms with E-state index in [9.17, 15) is 4.79 Å².